The average molecular weight is 306 g/mol. The van der Waals surface area contributed by atoms with E-state index in [1.165, 1.54) is 0 Å². The molecule has 16 heavy (non-hydrogen) atoms. The third kappa shape index (κ3) is 2.02. The molecule has 2 N–H and O–H groups in total. The highest BCUT2D eigenvalue weighted by atomic mass is 79.9. The van der Waals surface area contributed by atoms with Crippen LogP contribution in [0.2, 0.25) is 0 Å². The van der Waals surface area contributed by atoms with Gasteiger partial charge >= 0.3 is 0 Å². The van der Waals surface area contributed by atoms with Gasteiger partial charge in [-0.1, -0.05) is 0 Å². The second-order valence-electron chi connectivity index (χ2n) is 3.74. The van der Waals surface area contributed by atoms with E-state index in [0.29, 0.717) is 9.37 Å². The monoisotopic (exact) mass is 305 g/mol. The van der Waals surface area contributed by atoms with Gasteiger partial charge in [-0.15, -0.1) is 0 Å². The van der Waals surface area contributed by atoms with Crippen LogP contribution < -0.4 is 4.90 Å². The minimum Gasteiger partial charge on any atom is -0.374 e. The molecule has 1 aliphatic heterocycles. The van der Waals surface area contributed by atoms with Crippen molar-refractivity contribution in [3.8, 4) is 0 Å². The summed E-state index contributed by atoms with van der Waals surface area (Å²) in [6, 6.07) is 3.51. The predicted octanol–water partition coefficient (Wildman–Crippen LogP) is 1.73. The Labute approximate surface area is 105 Å². The van der Waals surface area contributed by atoms with Gasteiger partial charge in [-0.25, -0.2) is 4.21 Å². The van der Waals surface area contributed by atoms with Gasteiger partial charge < -0.3 is 14.6 Å². The predicted molar refractivity (Wildman–Crippen MR) is 65.9 cm³/mol. The summed E-state index contributed by atoms with van der Waals surface area (Å²) >= 11 is 1.26. The lowest BCUT2D eigenvalue weighted by Gasteiger charge is -2.23. The summed E-state index contributed by atoms with van der Waals surface area (Å²) in [5.74, 6) is 0. The number of halogens is 1. The van der Waals surface area contributed by atoms with Crippen LogP contribution in [0.3, 0.4) is 0 Å². The summed E-state index contributed by atoms with van der Waals surface area (Å²) in [7, 11) is 0. The van der Waals surface area contributed by atoms with Crippen LogP contribution in [0.15, 0.2) is 21.5 Å². The van der Waals surface area contributed by atoms with Crippen LogP contribution in [0.1, 0.15) is 12.5 Å². The summed E-state index contributed by atoms with van der Waals surface area (Å²) in [6.45, 7) is 2.42. The van der Waals surface area contributed by atoms with E-state index in [0.717, 1.165) is 24.2 Å². The molecule has 0 amide bonds. The fourth-order valence-electron chi connectivity index (χ4n) is 1.93. The number of hydrogen-bond acceptors (Lipinski definition) is 3. The Bertz CT molecular complexity index is 450. The molecule has 0 bridgehead atoms. The molecule has 2 unspecified atom stereocenters. The van der Waals surface area contributed by atoms with Gasteiger partial charge in [0.15, 0.2) is 11.1 Å². The molecule has 0 spiro atoms. The first-order chi connectivity index (χ1) is 7.50. The Balaban J connectivity index is 2.50. The fraction of sp³-hybridized carbons (Fsp3) is 0.400. The summed E-state index contributed by atoms with van der Waals surface area (Å²) in [6.07, 6.45) is 0.263. The van der Waals surface area contributed by atoms with Crippen LogP contribution in [0, 0.1) is 0 Å². The molecule has 2 atom stereocenters. The van der Waals surface area contributed by atoms with Gasteiger partial charge in [0, 0.05) is 16.7 Å². The first-order valence-electron chi connectivity index (χ1n) is 4.88. The second kappa shape index (κ2) is 4.44. The Morgan fingerprint density at radius 3 is 2.81 bits per heavy atom. The Hall–Kier alpha value is -0.430. The van der Waals surface area contributed by atoms with Gasteiger partial charge in [-0.05, 0) is 47.0 Å². The Morgan fingerprint density at radius 1 is 1.56 bits per heavy atom. The van der Waals surface area contributed by atoms with Crippen LogP contribution >= 0.6 is 15.9 Å². The SMILES string of the molecule is CC(O)N1CCc2cc(Br)c(S(=O)O)cc21. The third-order valence-electron chi connectivity index (χ3n) is 2.70. The van der Waals surface area contributed by atoms with E-state index in [9.17, 15) is 9.32 Å². The highest BCUT2D eigenvalue weighted by Crippen LogP contribution is 2.35. The molecule has 0 saturated heterocycles. The molecule has 2 rings (SSSR count). The van der Waals surface area contributed by atoms with Crippen molar-refractivity contribution >= 4 is 32.7 Å². The number of hydrogen-bond donors (Lipinski definition) is 2. The molecule has 1 aromatic carbocycles. The number of nitrogens with zero attached hydrogens (tertiary/aromatic N) is 1. The van der Waals surface area contributed by atoms with E-state index in [1.807, 2.05) is 11.0 Å². The van der Waals surface area contributed by atoms with Crippen molar-refractivity contribution in [2.24, 2.45) is 0 Å². The molecule has 6 heteroatoms. The molecule has 0 aliphatic carbocycles. The average Bonchev–Trinajstić information content (AvgIpc) is 2.58. The number of fused-ring (bicyclic) bond motifs is 1. The summed E-state index contributed by atoms with van der Waals surface area (Å²) < 4.78 is 20.9. The maximum absolute atomic E-state index is 11.1. The molecule has 88 valence electrons. The van der Waals surface area contributed by atoms with Crippen LogP contribution in [0.5, 0.6) is 0 Å². The van der Waals surface area contributed by atoms with E-state index in [1.54, 1.807) is 13.0 Å². The minimum atomic E-state index is -2.02. The number of rotatable bonds is 2. The normalized spacial score (nSPS) is 18.4. The van der Waals surface area contributed by atoms with Crippen LogP contribution in [-0.2, 0) is 17.5 Å². The molecule has 0 aromatic heterocycles. The van der Waals surface area contributed by atoms with E-state index in [-0.39, 0.29) is 0 Å². The van der Waals surface area contributed by atoms with Crippen LogP contribution in [-0.4, -0.2) is 26.6 Å². The zero-order valence-corrected chi connectivity index (χ0v) is 11.1. The van der Waals surface area contributed by atoms with Gasteiger partial charge in [0.05, 0.1) is 4.90 Å². The first kappa shape index (κ1) is 12.0. The van der Waals surface area contributed by atoms with Crippen molar-refractivity contribution in [2.75, 3.05) is 11.4 Å². The number of benzene rings is 1. The largest absolute Gasteiger partial charge is 0.374 e. The highest BCUT2D eigenvalue weighted by Gasteiger charge is 2.24. The van der Waals surface area contributed by atoms with Crippen molar-refractivity contribution in [1.29, 1.82) is 0 Å². The van der Waals surface area contributed by atoms with E-state index < -0.39 is 17.3 Å². The summed E-state index contributed by atoms with van der Waals surface area (Å²) in [4.78, 5) is 2.16. The standard InChI is InChI=1S/C10H12BrNO3S/c1-6(13)12-3-2-7-4-8(11)10(16(14)15)5-9(7)12/h4-6,13H,2-3H2,1H3,(H,14,15). The molecular weight excluding hydrogens is 294 g/mol. The Kier molecular flexibility index (Phi) is 3.34. The van der Waals surface area contributed by atoms with Gasteiger partial charge in [-0.3, -0.25) is 0 Å². The van der Waals surface area contributed by atoms with Crippen molar-refractivity contribution in [1.82, 2.24) is 0 Å². The molecular formula is C10H12BrNO3S. The zero-order valence-electron chi connectivity index (χ0n) is 8.68. The Morgan fingerprint density at radius 2 is 2.25 bits per heavy atom. The maximum atomic E-state index is 11.1. The molecule has 0 fully saturated rings. The van der Waals surface area contributed by atoms with Crippen molar-refractivity contribution in [2.45, 2.75) is 24.5 Å². The quantitative estimate of drug-likeness (QED) is 0.817. The van der Waals surface area contributed by atoms with E-state index in [2.05, 4.69) is 15.9 Å². The van der Waals surface area contributed by atoms with Crippen LogP contribution in [0.4, 0.5) is 5.69 Å². The first-order valence-corrected chi connectivity index (χ1v) is 6.78. The lowest BCUT2D eigenvalue weighted by molar-refractivity contribution is 0.191. The lowest BCUT2D eigenvalue weighted by atomic mass is 10.2. The number of anilines is 1. The van der Waals surface area contributed by atoms with Crippen LogP contribution in [0.25, 0.3) is 0 Å². The minimum absolute atomic E-state index is 0.339. The fourth-order valence-corrected chi connectivity index (χ4v) is 3.18. The van der Waals surface area contributed by atoms with Crippen molar-refractivity contribution in [3.05, 3.63) is 22.2 Å². The molecule has 0 radical (unpaired) electrons. The maximum Gasteiger partial charge on any atom is 0.187 e. The summed E-state index contributed by atoms with van der Waals surface area (Å²) in [5.41, 5.74) is 1.93. The van der Waals surface area contributed by atoms with Gasteiger partial charge in [0.25, 0.3) is 0 Å². The smallest absolute Gasteiger partial charge is 0.187 e. The molecule has 1 heterocycles. The molecule has 0 saturated carbocycles. The lowest BCUT2D eigenvalue weighted by Crippen LogP contribution is -2.30. The van der Waals surface area contributed by atoms with Gasteiger partial charge in [0.2, 0.25) is 0 Å². The topological polar surface area (TPSA) is 60.8 Å². The number of aliphatic hydroxyl groups excluding tert-OH is 1. The van der Waals surface area contributed by atoms with Gasteiger partial charge in [-0.2, -0.15) is 0 Å². The second-order valence-corrected chi connectivity index (χ2v) is 5.53. The highest BCUT2D eigenvalue weighted by molar-refractivity contribution is 9.10. The van der Waals surface area contributed by atoms with Gasteiger partial charge in [0.1, 0.15) is 6.23 Å². The van der Waals surface area contributed by atoms with E-state index >= 15 is 0 Å². The summed E-state index contributed by atoms with van der Waals surface area (Å²) in [5, 5.41) is 9.57. The van der Waals surface area contributed by atoms with Crippen molar-refractivity contribution < 1.29 is 13.9 Å². The number of aliphatic hydroxyl groups is 1. The molecule has 1 aliphatic rings. The molecule has 4 nitrogen and oxygen atoms in total. The van der Waals surface area contributed by atoms with E-state index in [4.69, 9.17) is 4.55 Å². The molecule has 1 aromatic rings. The van der Waals surface area contributed by atoms with Crippen molar-refractivity contribution in [3.63, 3.8) is 0 Å². The zero-order chi connectivity index (χ0) is 11.9. The third-order valence-corrected chi connectivity index (χ3v) is 4.34.